The molecule has 2 aromatic carbocycles. The van der Waals surface area contributed by atoms with Gasteiger partial charge in [-0.25, -0.2) is 8.42 Å². The number of likely N-dealkylation sites (N-methyl/N-ethyl adjacent to an activating group) is 2. The van der Waals surface area contributed by atoms with Gasteiger partial charge in [-0.2, -0.15) is 4.31 Å². The summed E-state index contributed by atoms with van der Waals surface area (Å²) in [6, 6.07) is 11.2. The fraction of sp³-hybridized carbons (Fsp3) is 0.364. The van der Waals surface area contributed by atoms with Gasteiger partial charge in [-0.15, -0.1) is 0 Å². The highest BCUT2D eigenvalue weighted by atomic mass is 32.2. The summed E-state index contributed by atoms with van der Waals surface area (Å²) in [5.41, 5.74) is 1.23. The number of hydrogen-bond acceptors (Lipinski definition) is 6. The van der Waals surface area contributed by atoms with Crippen molar-refractivity contribution in [3.05, 3.63) is 53.6 Å². The van der Waals surface area contributed by atoms with E-state index in [4.69, 9.17) is 9.47 Å². The molecule has 1 heterocycles. The lowest BCUT2D eigenvalue weighted by Gasteiger charge is -2.27. The Morgan fingerprint density at radius 1 is 1.03 bits per heavy atom. The van der Waals surface area contributed by atoms with Gasteiger partial charge in [0, 0.05) is 31.3 Å². The van der Waals surface area contributed by atoms with Gasteiger partial charge in [0.15, 0.2) is 17.3 Å². The summed E-state index contributed by atoms with van der Waals surface area (Å²) < 4.78 is 38.0. The maximum absolute atomic E-state index is 12.9. The summed E-state index contributed by atoms with van der Waals surface area (Å²) in [7, 11) is -2.51. The number of benzene rings is 2. The van der Waals surface area contributed by atoms with Gasteiger partial charge in [-0.3, -0.25) is 9.59 Å². The van der Waals surface area contributed by atoms with Crippen molar-refractivity contribution < 1.29 is 27.5 Å². The third kappa shape index (κ3) is 5.05. The van der Waals surface area contributed by atoms with Gasteiger partial charge in [-0.1, -0.05) is 24.3 Å². The van der Waals surface area contributed by atoms with E-state index in [0.717, 1.165) is 9.87 Å². The van der Waals surface area contributed by atoms with E-state index in [1.54, 1.807) is 4.90 Å². The van der Waals surface area contributed by atoms with Crippen LogP contribution in [0.1, 0.15) is 29.8 Å². The Kier molecular flexibility index (Phi) is 6.97. The number of sulfonamides is 1. The Balaban J connectivity index is 1.72. The third-order valence-electron chi connectivity index (χ3n) is 5.07. The van der Waals surface area contributed by atoms with Gasteiger partial charge in [0.2, 0.25) is 15.9 Å². The Hall–Kier alpha value is -2.91. The molecule has 0 N–H and O–H groups in total. The average molecular weight is 447 g/mol. The van der Waals surface area contributed by atoms with Crippen molar-refractivity contribution in [2.75, 3.05) is 33.4 Å². The first-order valence-corrected chi connectivity index (χ1v) is 11.4. The molecule has 1 amide bonds. The summed E-state index contributed by atoms with van der Waals surface area (Å²) in [5, 5.41) is 0. The van der Waals surface area contributed by atoms with E-state index in [0.29, 0.717) is 36.8 Å². The van der Waals surface area contributed by atoms with Gasteiger partial charge in [0.25, 0.3) is 0 Å². The average Bonchev–Trinajstić information content (AvgIpc) is 2.77. The van der Waals surface area contributed by atoms with Crippen LogP contribution in [-0.2, 0) is 21.4 Å². The zero-order valence-electron chi connectivity index (χ0n) is 17.8. The number of amides is 1. The topological polar surface area (TPSA) is 93.2 Å². The summed E-state index contributed by atoms with van der Waals surface area (Å²) in [4.78, 5) is 25.9. The molecule has 1 aliphatic rings. The molecule has 0 atom stereocenters. The first-order valence-electron chi connectivity index (χ1n) is 9.96. The van der Waals surface area contributed by atoms with E-state index in [2.05, 4.69) is 0 Å². The molecule has 0 saturated heterocycles. The van der Waals surface area contributed by atoms with Gasteiger partial charge in [0.1, 0.15) is 13.2 Å². The van der Waals surface area contributed by atoms with Crippen molar-refractivity contribution in [2.45, 2.75) is 25.3 Å². The van der Waals surface area contributed by atoms with Crippen LogP contribution in [0.2, 0.25) is 0 Å². The SMILES string of the molecule is CCN(Cc1cccc2c1OCCO2)C(=O)CN(C)S(=O)(=O)c1ccc(C(C)=O)cc1. The van der Waals surface area contributed by atoms with Crippen molar-refractivity contribution in [2.24, 2.45) is 0 Å². The molecule has 0 bridgehead atoms. The lowest BCUT2D eigenvalue weighted by Crippen LogP contribution is -2.40. The molecule has 0 unspecified atom stereocenters. The molecular weight excluding hydrogens is 420 g/mol. The number of ketones is 1. The van der Waals surface area contributed by atoms with E-state index in [1.807, 2.05) is 25.1 Å². The molecule has 1 aliphatic heterocycles. The summed E-state index contributed by atoms with van der Waals surface area (Å²) in [6.45, 7) is 4.54. The molecule has 0 spiro atoms. The number of ether oxygens (including phenoxy) is 2. The van der Waals surface area contributed by atoms with E-state index in [1.165, 1.54) is 38.2 Å². The first kappa shape index (κ1) is 22.8. The predicted octanol–water partition coefficient (Wildman–Crippen LogP) is 2.33. The standard InChI is InChI=1S/C22H26N2O6S/c1-4-24(14-18-6-5-7-20-22(18)30-13-12-29-20)21(26)15-23(3)31(27,28)19-10-8-17(9-11-19)16(2)25/h5-11H,4,12-15H2,1-3H3. The van der Waals surface area contributed by atoms with Gasteiger partial charge in [-0.05, 0) is 32.0 Å². The van der Waals surface area contributed by atoms with Gasteiger partial charge >= 0.3 is 0 Å². The molecule has 0 aromatic heterocycles. The molecule has 3 rings (SSSR count). The van der Waals surface area contributed by atoms with E-state index in [-0.39, 0.29) is 29.7 Å². The molecule has 166 valence electrons. The molecule has 31 heavy (non-hydrogen) atoms. The second kappa shape index (κ2) is 9.49. The van der Waals surface area contributed by atoms with E-state index in [9.17, 15) is 18.0 Å². The van der Waals surface area contributed by atoms with Crippen LogP contribution in [0.15, 0.2) is 47.4 Å². The van der Waals surface area contributed by atoms with Crippen LogP contribution in [0.4, 0.5) is 0 Å². The second-order valence-electron chi connectivity index (χ2n) is 7.19. The van der Waals surface area contributed by atoms with Crippen molar-refractivity contribution in [3.8, 4) is 11.5 Å². The van der Waals surface area contributed by atoms with Crippen LogP contribution < -0.4 is 9.47 Å². The molecule has 2 aromatic rings. The fourth-order valence-electron chi connectivity index (χ4n) is 3.26. The molecule has 0 fully saturated rings. The maximum atomic E-state index is 12.9. The highest BCUT2D eigenvalue weighted by molar-refractivity contribution is 7.89. The quantitative estimate of drug-likeness (QED) is 0.578. The Bertz CT molecular complexity index is 1070. The van der Waals surface area contributed by atoms with Gasteiger partial charge in [0.05, 0.1) is 11.4 Å². The van der Waals surface area contributed by atoms with E-state index < -0.39 is 10.0 Å². The number of Topliss-reactive ketones (excluding diaryl/α,β-unsaturated/α-hetero) is 1. The number of carbonyl (C=O) groups excluding carboxylic acids is 2. The van der Waals surface area contributed by atoms with Crippen LogP contribution in [0, 0.1) is 0 Å². The summed E-state index contributed by atoms with van der Waals surface area (Å²) in [6.07, 6.45) is 0. The monoisotopic (exact) mass is 446 g/mol. The Morgan fingerprint density at radius 3 is 2.35 bits per heavy atom. The smallest absolute Gasteiger partial charge is 0.243 e. The number of nitrogens with zero attached hydrogens (tertiary/aromatic N) is 2. The molecule has 9 heteroatoms. The summed E-state index contributed by atoms with van der Waals surface area (Å²) >= 11 is 0. The normalized spacial score (nSPS) is 13.2. The van der Waals surface area contributed by atoms with Crippen molar-refractivity contribution >= 4 is 21.7 Å². The Morgan fingerprint density at radius 2 is 1.71 bits per heavy atom. The lowest BCUT2D eigenvalue weighted by atomic mass is 10.1. The van der Waals surface area contributed by atoms with Crippen LogP contribution >= 0.6 is 0 Å². The van der Waals surface area contributed by atoms with Crippen LogP contribution in [0.5, 0.6) is 11.5 Å². The van der Waals surface area contributed by atoms with Crippen molar-refractivity contribution in [1.82, 2.24) is 9.21 Å². The van der Waals surface area contributed by atoms with Crippen LogP contribution in [0.3, 0.4) is 0 Å². The van der Waals surface area contributed by atoms with Crippen molar-refractivity contribution in [1.29, 1.82) is 0 Å². The maximum Gasteiger partial charge on any atom is 0.243 e. The number of fused-ring (bicyclic) bond motifs is 1. The van der Waals surface area contributed by atoms with Gasteiger partial charge < -0.3 is 14.4 Å². The first-order chi connectivity index (χ1) is 14.7. The number of para-hydroxylation sites is 1. The lowest BCUT2D eigenvalue weighted by molar-refractivity contribution is -0.131. The van der Waals surface area contributed by atoms with Crippen LogP contribution in [0.25, 0.3) is 0 Å². The molecule has 0 aliphatic carbocycles. The number of hydrogen-bond donors (Lipinski definition) is 0. The second-order valence-corrected chi connectivity index (χ2v) is 9.24. The predicted molar refractivity (Wildman–Crippen MR) is 115 cm³/mol. The molecule has 0 radical (unpaired) electrons. The highest BCUT2D eigenvalue weighted by Gasteiger charge is 2.26. The highest BCUT2D eigenvalue weighted by Crippen LogP contribution is 2.34. The largest absolute Gasteiger partial charge is 0.486 e. The third-order valence-corrected chi connectivity index (χ3v) is 6.89. The fourth-order valence-corrected chi connectivity index (χ4v) is 4.38. The minimum atomic E-state index is -3.88. The zero-order valence-corrected chi connectivity index (χ0v) is 18.6. The zero-order chi connectivity index (χ0) is 22.6. The van der Waals surface area contributed by atoms with Crippen molar-refractivity contribution in [3.63, 3.8) is 0 Å². The number of rotatable bonds is 8. The minimum Gasteiger partial charge on any atom is -0.486 e. The molecule has 8 nitrogen and oxygen atoms in total. The summed E-state index contributed by atoms with van der Waals surface area (Å²) in [5.74, 6) is 0.777. The molecule has 0 saturated carbocycles. The van der Waals surface area contributed by atoms with Crippen LogP contribution in [-0.4, -0.2) is 62.7 Å². The number of carbonyl (C=O) groups is 2. The minimum absolute atomic E-state index is 0.0264. The Labute approximate surface area is 182 Å². The molecular formula is C22H26N2O6S. The van der Waals surface area contributed by atoms with E-state index >= 15 is 0 Å².